The van der Waals surface area contributed by atoms with E-state index in [4.69, 9.17) is 41.7 Å². The van der Waals surface area contributed by atoms with E-state index in [2.05, 4.69) is 231 Å². The minimum absolute atomic E-state index is 0.00923. The van der Waals surface area contributed by atoms with Gasteiger partial charge in [0.15, 0.2) is 14.1 Å². The first-order valence-corrected chi connectivity index (χ1v) is 42.0. The zero-order valence-corrected chi connectivity index (χ0v) is 61.5. The first-order valence-electron chi connectivity index (χ1n) is 35.3. The molecule has 11 rings (SSSR count). The van der Waals surface area contributed by atoms with Crippen LogP contribution in [0.1, 0.15) is 154 Å². The maximum atomic E-state index is 15.4. The third kappa shape index (κ3) is 14.7. The summed E-state index contributed by atoms with van der Waals surface area (Å²) >= 11 is 0. The van der Waals surface area contributed by atoms with Gasteiger partial charge in [-0.15, -0.1) is 0 Å². The fourth-order valence-electron chi connectivity index (χ4n) is 16.6. The van der Waals surface area contributed by atoms with E-state index in [1.54, 1.807) is 6.08 Å². The van der Waals surface area contributed by atoms with Gasteiger partial charge in [0.25, 0.3) is 16.6 Å². The van der Waals surface area contributed by atoms with E-state index < -0.39 is 83.9 Å². The molecule has 6 saturated heterocycles. The highest BCUT2D eigenvalue weighted by Gasteiger charge is 2.65. The molecule has 0 spiro atoms. The minimum atomic E-state index is -3.38. The number of hydrogen-bond donors (Lipinski definition) is 0. The first kappa shape index (κ1) is 70.1. The molecule has 7 heterocycles. The summed E-state index contributed by atoms with van der Waals surface area (Å²) in [6.07, 6.45) is 3.95. The molecule has 0 aliphatic carbocycles. The molecule has 14 heteroatoms. The Morgan fingerprint density at radius 1 is 0.538 bits per heavy atom. The van der Waals surface area contributed by atoms with Crippen molar-refractivity contribution < 1.29 is 51.3 Å². The molecule has 8 bridgehead atoms. The van der Waals surface area contributed by atoms with Gasteiger partial charge in [-0.2, -0.15) is 0 Å². The standard InChI is InChI=1S/C79H110O11Si3/c1-51(50-82-91(15,16)77(6,7)8)43-68-55(5)65-47-57(81)46-60-40-42-67-72(85-60)76(90-93(79(12,13)14,63-33-25-19-26-34-63)64-35-27-20-28-36-64)75-74(87-67)73(89-92(78(9,10)11,61-29-21-17-22-30-61)62-31-23-18-24-32-62)71(88-75)48-56(80)37-38-58-45-53(3)66(83-58)41-39-59-44-52(2)54(4)69(84-59)49-70(65)86-68/h17-38,51-52,55,58-60,65-76H,3-4,39-50H2,1-2,5-16H3/b38-37+/t51-,52+,55+,58-,59-,60+,65+,66?,67-,68+,69?,70-,71+,72-,73-,74-,75?,76-/m0/s1. The average Bonchev–Trinajstić information content (AvgIpc) is 1.71. The molecule has 7 aliphatic heterocycles. The number of allylic oxidation sites excluding steroid dienone is 1. The van der Waals surface area contributed by atoms with Crippen LogP contribution in [-0.4, -0.2) is 129 Å². The van der Waals surface area contributed by atoms with E-state index in [1.807, 2.05) is 6.08 Å². The summed E-state index contributed by atoms with van der Waals surface area (Å²) in [6, 6.07) is 42.9. The lowest BCUT2D eigenvalue weighted by Crippen LogP contribution is -2.73. The van der Waals surface area contributed by atoms with Gasteiger partial charge in [0.1, 0.15) is 36.3 Å². The van der Waals surface area contributed by atoms with Crippen molar-refractivity contribution in [3.8, 4) is 0 Å². The zero-order valence-electron chi connectivity index (χ0n) is 58.5. The predicted octanol–water partition coefficient (Wildman–Crippen LogP) is 14.1. The Bertz CT molecular complexity index is 3150. The molecule has 0 N–H and O–H groups in total. The second kappa shape index (κ2) is 28.3. The number of benzene rings is 4. The van der Waals surface area contributed by atoms with Gasteiger partial charge in [0.2, 0.25) is 0 Å². The minimum Gasteiger partial charge on any atom is -0.417 e. The second-order valence-electron chi connectivity index (χ2n) is 32.5. The van der Waals surface area contributed by atoms with Crippen molar-refractivity contribution in [1.82, 2.24) is 0 Å². The van der Waals surface area contributed by atoms with Crippen LogP contribution in [0.3, 0.4) is 0 Å². The molecule has 4 aromatic rings. The normalized spacial score (nSPS) is 33.5. The third-order valence-corrected chi connectivity index (χ3v) is 37.4. The summed E-state index contributed by atoms with van der Waals surface area (Å²) < 4.78 is 67.6. The lowest BCUT2D eigenvalue weighted by atomic mass is 9.78. The fourth-order valence-corrected chi connectivity index (χ4v) is 27.1. The predicted molar refractivity (Wildman–Crippen MR) is 379 cm³/mol. The van der Waals surface area contributed by atoms with Crippen LogP contribution >= 0.6 is 0 Å². The topological polar surface area (TPSA) is 117 Å². The van der Waals surface area contributed by atoms with Gasteiger partial charge >= 0.3 is 0 Å². The molecule has 7 aliphatic rings. The summed E-state index contributed by atoms with van der Waals surface area (Å²) in [5.74, 6) is 0.647. The Labute approximate surface area is 560 Å². The quantitative estimate of drug-likeness (QED) is 0.0941. The Hall–Kier alpha value is -4.27. The zero-order chi connectivity index (χ0) is 66.4. The van der Waals surface area contributed by atoms with E-state index in [0.717, 1.165) is 57.6 Å². The largest absolute Gasteiger partial charge is 0.417 e. The van der Waals surface area contributed by atoms with Crippen molar-refractivity contribution in [2.24, 2.45) is 23.7 Å². The van der Waals surface area contributed by atoms with E-state index in [9.17, 15) is 0 Å². The Balaban J connectivity index is 1.00. The molecule has 0 amide bonds. The smallest absolute Gasteiger partial charge is 0.261 e. The molecule has 0 aromatic heterocycles. The number of ether oxygens (including phenoxy) is 6. The highest BCUT2D eigenvalue weighted by Crippen LogP contribution is 2.50. The molecule has 3 unspecified atom stereocenters. The summed E-state index contributed by atoms with van der Waals surface area (Å²) in [7, 11) is -8.71. The molecule has 11 nitrogen and oxygen atoms in total. The van der Waals surface area contributed by atoms with Gasteiger partial charge < -0.3 is 41.7 Å². The molecule has 18 atom stereocenters. The second-order valence-corrected chi connectivity index (χ2v) is 45.8. The molecule has 4 aromatic carbocycles. The Morgan fingerprint density at radius 3 is 1.61 bits per heavy atom. The number of hydrogen-bond acceptors (Lipinski definition) is 11. The summed E-state index contributed by atoms with van der Waals surface area (Å²) in [5, 5.41) is 3.77. The van der Waals surface area contributed by atoms with E-state index in [-0.39, 0.29) is 89.7 Å². The molecule has 93 heavy (non-hydrogen) atoms. The van der Waals surface area contributed by atoms with Crippen LogP contribution in [0.4, 0.5) is 0 Å². The van der Waals surface area contributed by atoms with E-state index >= 15 is 9.59 Å². The fraction of sp³-hybridized carbons (Fsp3) is 0.595. The number of carbonyl (C=O) groups is 2. The van der Waals surface area contributed by atoms with Crippen LogP contribution in [-0.2, 0) is 51.3 Å². The monoisotopic (exact) mass is 1320 g/mol. The molecular formula is C79H110O11Si3. The summed E-state index contributed by atoms with van der Waals surface area (Å²) in [5.41, 5.74) is 2.12. The molecule has 504 valence electrons. The molecule has 0 saturated carbocycles. The lowest BCUT2D eigenvalue weighted by molar-refractivity contribution is -0.254. The van der Waals surface area contributed by atoms with Crippen molar-refractivity contribution in [2.75, 3.05) is 6.61 Å². The SMILES string of the molecule is C=C1C[C@@H]2/C=C/C(=O)C[C@H]3OC4[C@@H](O[C@H]5CC[C@H](CC(=O)C[C@@H]6[C@@H](C)[C@@H](C[C@H](C)CO[Si](C)(C)C(C)(C)C)O[C@H]6CC6O[C@@H](CCC1O2)C[C@@H](C)C6=C)O[C@@H]5[C@@H]4O[Si](c1ccccc1)(c1ccccc1)C(C)(C)C)[C@H]3O[Si](c1ccccc1)(c1ccccc1)C(C)(C)C. The van der Waals surface area contributed by atoms with Gasteiger partial charge in [-0.3, -0.25) is 9.59 Å². The maximum absolute atomic E-state index is 15.4. The highest BCUT2D eigenvalue weighted by molar-refractivity contribution is 7.00. The van der Waals surface area contributed by atoms with Crippen LogP contribution in [0.5, 0.6) is 0 Å². The van der Waals surface area contributed by atoms with Gasteiger partial charge in [-0.1, -0.05) is 224 Å². The van der Waals surface area contributed by atoms with Crippen LogP contribution < -0.4 is 20.7 Å². The average molecular weight is 1320 g/mol. The lowest BCUT2D eigenvalue weighted by Gasteiger charge is -2.53. The van der Waals surface area contributed by atoms with Gasteiger partial charge in [0, 0.05) is 38.7 Å². The van der Waals surface area contributed by atoms with Crippen molar-refractivity contribution in [3.05, 3.63) is 158 Å². The van der Waals surface area contributed by atoms with E-state index in [1.165, 1.54) is 0 Å². The molecular weight excluding hydrogens is 1210 g/mol. The number of Topliss-reactive ketones (excluding diaryl/α,β-unsaturated/α-hetero) is 1. The van der Waals surface area contributed by atoms with Crippen molar-refractivity contribution >= 4 is 57.3 Å². The highest BCUT2D eigenvalue weighted by atomic mass is 28.4. The summed E-state index contributed by atoms with van der Waals surface area (Å²) in [4.78, 5) is 30.4. The molecule has 0 radical (unpaired) electrons. The van der Waals surface area contributed by atoms with Crippen molar-refractivity contribution in [3.63, 3.8) is 0 Å². The maximum Gasteiger partial charge on any atom is 0.261 e. The number of rotatable bonds is 13. The van der Waals surface area contributed by atoms with Crippen LogP contribution in [0.25, 0.3) is 0 Å². The van der Waals surface area contributed by atoms with Crippen molar-refractivity contribution in [2.45, 2.75) is 267 Å². The van der Waals surface area contributed by atoms with Crippen LogP contribution in [0.2, 0.25) is 28.2 Å². The van der Waals surface area contributed by atoms with Crippen molar-refractivity contribution in [1.29, 1.82) is 0 Å². The number of ketones is 2. The third-order valence-electron chi connectivity index (χ3n) is 22.8. The van der Waals surface area contributed by atoms with Gasteiger partial charge in [0.05, 0.1) is 54.9 Å². The first-order chi connectivity index (χ1) is 44.1. The number of carbonyl (C=O) groups excluding carboxylic acids is 2. The van der Waals surface area contributed by atoms with Crippen LogP contribution in [0, 0.1) is 23.7 Å². The Kier molecular flexibility index (Phi) is 21.3. The van der Waals surface area contributed by atoms with Crippen LogP contribution in [0.15, 0.2) is 158 Å². The van der Waals surface area contributed by atoms with Gasteiger partial charge in [-0.25, -0.2) is 0 Å². The summed E-state index contributed by atoms with van der Waals surface area (Å²) in [6.45, 7) is 42.0. The van der Waals surface area contributed by atoms with Gasteiger partial charge in [-0.05, 0) is 128 Å². The molecule has 6 fully saturated rings. The Morgan fingerprint density at radius 2 is 1.06 bits per heavy atom. The number of fused-ring (bicyclic) bond motifs is 7. The van der Waals surface area contributed by atoms with E-state index in [0.29, 0.717) is 38.7 Å².